The minimum absolute atomic E-state index is 0.269. The van der Waals surface area contributed by atoms with E-state index in [0.717, 1.165) is 17.1 Å². The number of nitrogens with zero attached hydrogens (tertiary/aromatic N) is 2. The van der Waals surface area contributed by atoms with Crippen LogP contribution in [0.25, 0.3) is 11.4 Å². The second-order valence-corrected chi connectivity index (χ2v) is 5.42. The molecule has 2 aromatic rings. The Morgan fingerprint density at radius 1 is 1.29 bits per heavy atom. The molecule has 0 amide bonds. The number of anilines is 1. The maximum absolute atomic E-state index is 11.1. The van der Waals surface area contributed by atoms with Crippen LogP contribution in [0, 0.1) is 11.6 Å². The summed E-state index contributed by atoms with van der Waals surface area (Å²) in [6, 6.07) is 2.98. The van der Waals surface area contributed by atoms with E-state index in [1.165, 1.54) is 6.07 Å². The summed E-state index contributed by atoms with van der Waals surface area (Å²) in [5, 5.41) is 9.63. The molecule has 0 aliphatic rings. The molecule has 0 aliphatic heterocycles. The number of aromatic nitrogens is 4. The highest BCUT2D eigenvalue weighted by Crippen LogP contribution is 2.18. The van der Waals surface area contributed by atoms with Crippen molar-refractivity contribution in [2.75, 3.05) is 11.9 Å². The van der Waals surface area contributed by atoms with Crippen LogP contribution >= 0.6 is 12.2 Å². The van der Waals surface area contributed by atoms with Crippen molar-refractivity contribution in [1.82, 2.24) is 20.2 Å². The van der Waals surface area contributed by atoms with Crippen LogP contribution in [0.5, 0.6) is 0 Å². The lowest BCUT2D eigenvalue weighted by atomic mass is 10.2. The molecule has 0 aliphatic carbocycles. The number of aromatic amines is 2. The lowest BCUT2D eigenvalue weighted by Gasteiger charge is -2.11. The van der Waals surface area contributed by atoms with E-state index in [2.05, 4.69) is 32.1 Å². The molecule has 0 saturated heterocycles. The van der Waals surface area contributed by atoms with E-state index in [1.807, 2.05) is 59.8 Å². The maximum Gasteiger partial charge on any atom is 0.264 e. The normalized spacial score (nSPS) is 10.4. The quantitative estimate of drug-likeness (QED) is 0.449. The minimum Gasteiger partial charge on any atom is -0.366 e. The molecule has 0 unspecified atom stereocenters. The van der Waals surface area contributed by atoms with Crippen molar-refractivity contribution in [1.29, 1.82) is 0 Å². The lowest BCUT2D eigenvalue weighted by Crippen LogP contribution is -2.10. The van der Waals surface area contributed by atoms with Crippen molar-refractivity contribution in [2.24, 2.45) is 0 Å². The first kappa shape index (κ1) is 25.2. The molecule has 152 valence electrons. The molecule has 6 nitrogen and oxygen atoms in total. The van der Waals surface area contributed by atoms with Crippen LogP contribution in [0.2, 0.25) is 0 Å². The number of hydrogen-bond acceptors (Lipinski definition) is 5. The zero-order chi connectivity index (χ0) is 21.5. The van der Waals surface area contributed by atoms with Crippen LogP contribution in [0.4, 0.5) is 5.82 Å². The third-order valence-electron chi connectivity index (χ3n) is 3.20. The van der Waals surface area contributed by atoms with E-state index >= 15 is 0 Å². The number of aryl methyl sites for hydroxylation is 1. The van der Waals surface area contributed by atoms with Gasteiger partial charge in [0.25, 0.3) is 5.56 Å². The van der Waals surface area contributed by atoms with Gasteiger partial charge in [0, 0.05) is 12.6 Å². The molecule has 3 N–H and O–H groups in total. The molecule has 2 rings (SSSR count). The highest BCUT2D eigenvalue weighted by molar-refractivity contribution is 7.71. The Bertz CT molecular complexity index is 889. The van der Waals surface area contributed by atoms with Crippen molar-refractivity contribution in [3.8, 4) is 11.4 Å². The molecule has 0 fully saturated rings. The summed E-state index contributed by atoms with van der Waals surface area (Å²) in [5.74, 6) is 0.743. The Morgan fingerprint density at radius 2 is 1.96 bits per heavy atom. The SMILES string of the molecule is C=C/C=C(\C=C/C)CNc1[nH]c(=S)c(-c2ccc(=O)[nH]n2)nc1C.CC.CC. The van der Waals surface area contributed by atoms with Gasteiger partial charge in [-0.2, -0.15) is 5.10 Å². The molecule has 0 spiro atoms. The second kappa shape index (κ2) is 14.3. The van der Waals surface area contributed by atoms with Gasteiger partial charge < -0.3 is 10.3 Å². The van der Waals surface area contributed by atoms with Crippen LogP contribution in [0.15, 0.2) is 53.4 Å². The fourth-order valence-corrected chi connectivity index (χ4v) is 2.34. The summed E-state index contributed by atoms with van der Waals surface area (Å²) < 4.78 is 0.447. The first-order valence-corrected chi connectivity index (χ1v) is 9.81. The third-order valence-corrected chi connectivity index (χ3v) is 3.49. The zero-order valence-electron chi connectivity index (χ0n) is 17.6. The van der Waals surface area contributed by atoms with Crippen LogP contribution in [-0.2, 0) is 0 Å². The monoisotopic (exact) mass is 401 g/mol. The molecule has 0 saturated carbocycles. The second-order valence-electron chi connectivity index (χ2n) is 5.01. The summed E-state index contributed by atoms with van der Waals surface area (Å²) >= 11 is 5.36. The zero-order valence-corrected chi connectivity index (χ0v) is 18.4. The predicted molar refractivity (Wildman–Crippen MR) is 122 cm³/mol. The van der Waals surface area contributed by atoms with E-state index in [1.54, 1.807) is 12.1 Å². The van der Waals surface area contributed by atoms with Gasteiger partial charge in [-0.15, -0.1) is 0 Å². The number of allylic oxidation sites excluding steroid dienone is 3. The molecule has 0 atom stereocenters. The van der Waals surface area contributed by atoms with Gasteiger partial charge in [-0.3, -0.25) is 4.79 Å². The van der Waals surface area contributed by atoms with Gasteiger partial charge in [0.05, 0.1) is 5.69 Å². The largest absolute Gasteiger partial charge is 0.366 e. The Morgan fingerprint density at radius 3 is 2.50 bits per heavy atom. The van der Waals surface area contributed by atoms with E-state index in [4.69, 9.17) is 12.2 Å². The smallest absolute Gasteiger partial charge is 0.264 e. The van der Waals surface area contributed by atoms with Crippen molar-refractivity contribution in [3.05, 3.63) is 69.3 Å². The van der Waals surface area contributed by atoms with Gasteiger partial charge in [-0.1, -0.05) is 70.8 Å². The van der Waals surface area contributed by atoms with Crippen molar-refractivity contribution in [3.63, 3.8) is 0 Å². The van der Waals surface area contributed by atoms with Gasteiger partial charge in [-0.05, 0) is 25.5 Å². The molecule has 7 heteroatoms. The lowest BCUT2D eigenvalue weighted by molar-refractivity contribution is 0.977. The summed E-state index contributed by atoms with van der Waals surface area (Å²) in [7, 11) is 0. The number of nitrogens with one attached hydrogen (secondary N) is 3. The molecule has 2 aromatic heterocycles. The van der Waals surface area contributed by atoms with E-state index in [9.17, 15) is 4.79 Å². The standard InChI is InChI=1S/C17H19N5OS.2C2H6/c1-4-6-12(7-5-2)10-18-16-11(3)19-15(17(24)20-16)13-8-9-14(23)22-21-13;2*1-2/h4-9H,1,10H2,2-3H3,(H,22,23)(H2,18,20,24);2*1-2H3/b7-5-,12-6+;;. The summed E-state index contributed by atoms with van der Waals surface area (Å²) in [6.45, 7) is 16.2. The maximum atomic E-state index is 11.1. The number of hydrogen-bond donors (Lipinski definition) is 3. The van der Waals surface area contributed by atoms with Crippen LogP contribution < -0.4 is 10.9 Å². The molecule has 2 heterocycles. The predicted octanol–water partition coefficient (Wildman–Crippen LogP) is 5.35. The molecule has 0 aromatic carbocycles. The summed E-state index contributed by atoms with van der Waals surface area (Å²) in [4.78, 5) is 18.7. The van der Waals surface area contributed by atoms with Gasteiger partial charge in [0.2, 0.25) is 0 Å². The van der Waals surface area contributed by atoms with Crippen LogP contribution in [-0.4, -0.2) is 26.7 Å². The number of rotatable bonds is 6. The highest BCUT2D eigenvalue weighted by Gasteiger charge is 2.09. The molecule has 0 bridgehead atoms. The summed E-state index contributed by atoms with van der Waals surface area (Å²) in [6.07, 6.45) is 7.65. The molecule has 28 heavy (non-hydrogen) atoms. The molecule has 0 radical (unpaired) electrons. The fourth-order valence-electron chi connectivity index (χ4n) is 2.09. The Kier molecular flexibility index (Phi) is 12.9. The first-order chi connectivity index (χ1) is 13.5. The summed E-state index contributed by atoms with van der Waals surface area (Å²) in [5.41, 5.74) is 2.61. The van der Waals surface area contributed by atoms with Crippen molar-refractivity contribution < 1.29 is 0 Å². The van der Waals surface area contributed by atoms with E-state index < -0.39 is 0 Å². The van der Waals surface area contributed by atoms with Crippen LogP contribution in [0.1, 0.15) is 40.3 Å². The number of H-pyrrole nitrogens is 2. The average molecular weight is 402 g/mol. The first-order valence-electron chi connectivity index (χ1n) is 9.40. The van der Waals surface area contributed by atoms with Crippen molar-refractivity contribution in [2.45, 2.75) is 41.5 Å². The average Bonchev–Trinajstić information content (AvgIpc) is 2.72. The Balaban J connectivity index is 0.00000171. The van der Waals surface area contributed by atoms with Gasteiger partial charge >= 0.3 is 0 Å². The highest BCUT2D eigenvalue weighted by atomic mass is 32.1. The third kappa shape index (κ3) is 7.84. The van der Waals surface area contributed by atoms with Crippen molar-refractivity contribution >= 4 is 18.0 Å². The molecular formula is C21H31N5OS. The van der Waals surface area contributed by atoms with Gasteiger partial charge in [-0.25, -0.2) is 10.1 Å². The molecular weight excluding hydrogens is 370 g/mol. The van der Waals surface area contributed by atoms with Gasteiger partial charge in [0.1, 0.15) is 21.8 Å². The Labute approximate surface area is 172 Å². The van der Waals surface area contributed by atoms with E-state index in [0.29, 0.717) is 22.6 Å². The topological polar surface area (TPSA) is 86.5 Å². The van der Waals surface area contributed by atoms with Gasteiger partial charge in [0.15, 0.2) is 0 Å². The van der Waals surface area contributed by atoms with Crippen LogP contribution in [0.3, 0.4) is 0 Å². The van der Waals surface area contributed by atoms with E-state index in [-0.39, 0.29) is 5.56 Å². The fraction of sp³-hybridized carbons (Fsp3) is 0.333. The Hall–Kier alpha value is -2.80. The minimum atomic E-state index is -0.269.